The first-order chi connectivity index (χ1) is 19.4. The zero-order chi connectivity index (χ0) is 27.8. The van der Waals surface area contributed by atoms with Gasteiger partial charge in [-0.25, -0.2) is 8.91 Å². The molecule has 0 N–H and O–H groups in total. The predicted molar refractivity (Wildman–Crippen MR) is 151 cm³/mol. The maximum Gasteiger partial charge on any atom is 0.277 e. The fraction of sp³-hybridized carbons (Fsp3) is 0.0938. The second-order valence-corrected chi connectivity index (χ2v) is 9.49. The third-order valence-corrected chi connectivity index (χ3v) is 7.03. The molecular weight excluding hydrogens is 507 g/mol. The van der Waals surface area contributed by atoms with E-state index in [1.165, 1.54) is 16.8 Å². The number of rotatable bonds is 7. The molecule has 7 nitrogen and oxygen atoms in total. The number of carbonyl (C=O) groups is 1. The third kappa shape index (κ3) is 4.39. The number of nitrogens with zero attached hydrogens (tertiary/aromatic N) is 4. The number of hydrogen-bond donors (Lipinski definition) is 0. The summed E-state index contributed by atoms with van der Waals surface area (Å²) in [5.41, 5.74) is 4.01. The van der Waals surface area contributed by atoms with E-state index in [9.17, 15) is 9.59 Å². The summed E-state index contributed by atoms with van der Waals surface area (Å²) in [6, 6.07) is 27.1. The zero-order valence-corrected chi connectivity index (χ0v) is 21.9. The van der Waals surface area contributed by atoms with Crippen LogP contribution in [0.25, 0.3) is 27.9 Å². The highest BCUT2D eigenvalue weighted by molar-refractivity contribution is 6.02. The Labute approximate surface area is 229 Å². The van der Waals surface area contributed by atoms with Crippen LogP contribution in [0.2, 0.25) is 0 Å². The van der Waals surface area contributed by atoms with Crippen molar-refractivity contribution in [3.63, 3.8) is 0 Å². The van der Waals surface area contributed by atoms with Gasteiger partial charge in [0.05, 0.1) is 11.9 Å². The van der Waals surface area contributed by atoms with Crippen molar-refractivity contribution >= 4 is 11.3 Å². The molecule has 0 spiro atoms. The molecule has 0 aliphatic heterocycles. The van der Waals surface area contributed by atoms with E-state index in [-0.39, 0.29) is 23.5 Å². The van der Waals surface area contributed by atoms with E-state index in [2.05, 4.69) is 5.10 Å². The maximum atomic E-state index is 15.3. The van der Waals surface area contributed by atoms with Crippen LogP contribution < -0.4 is 10.3 Å². The molecule has 0 radical (unpaired) electrons. The van der Waals surface area contributed by atoms with Gasteiger partial charge >= 0.3 is 0 Å². The van der Waals surface area contributed by atoms with Gasteiger partial charge in [-0.3, -0.25) is 19.0 Å². The first kappa shape index (κ1) is 25.1. The molecule has 40 heavy (non-hydrogen) atoms. The molecule has 0 fully saturated rings. The standard InChI is InChI=1S/C32H25FN4O3/c1-35-30(23-11-7-4-8-12-23)29(32(39)36(35)2)26(38)20-21-13-14-27(25(33)19-21)40-28-15-17-34-37-18-16-24(31(28)37)22-9-5-3-6-10-22/h3-19H,20H2,1-2H3. The normalized spacial score (nSPS) is 11.2. The van der Waals surface area contributed by atoms with Crippen molar-refractivity contribution in [2.75, 3.05) is 0 Å². The van der Waals surface area contributed by atoms with Gasteiger partial charge in [-0.2, -0.15) is 5.10 Å². The van der Waals surface area contributed by atoms with Gasteiger partial charge in [0.1, 0.15) is 11.1 Å². The summed E-state index contributed by atoms with van der Waals surface area (Å²) in [7, 11) is 3.35. The Morgan fingerprint density at radius 2 is 1.55 bits per heavy atom. The second-order valence-electron chi connectivity index (χ2n) is 9.49. The summed E-state index contributed by atoms with van der Waals surface area (Å²) in [4.78, 5) is 26.4. The molecule has 0 amide bonds. The van der Waals surface area contributed by atoms with E-state index in [1.807, 2.05) is 72.9 Å². The molecule has 3 aromatic carbocycles. The van der Waals surface area contributed by atoms with Crippen molar-refractivity contribution in [2.24, 2.45) is 14.1 Å². The van der Waals surface area contributed by atoms with Crippen molar-refractivity contribution in [3.8, 4) is 33.9 Å². The molecule has 0 saturated heterocycles. The fourth-order valence-corrected chi connectivity index (χ4v) is 4.97. The summed E-state index contributed by atoms with van der Waals surface area (Å²) in [6.45, 7) is 0. The lowest BCUT2D eigenvalue weighted by atomic mass is 9.99. The molecule has 0 bridgehead atoms. The van der Waals surface area contributed by atoms with Crippen LogP contribution in [-0.4, -0.2) is 24.8 Å². The Kier molecular flexibility index (Phi) is 6.36. The number of Topliss-reactive ketones (excluding diaryl/α,β-unsaturated/α-hetero) is 1. The number of halogens is 1. The molecule has 6 aromatic rings. The molecule has 0 saturated carbocycles. The van der Waals surface area contributed by atoms with Crippen molar-refractivity contribution in [2.45, 2.75) is 6.42 Å². The molecule has 0 atom stereocenters. The molecule has 6 rings (SSSR count). The zero-order valence-electron chi connectivity index (χ0n) is 21.9. The SMILES string of the molecule is Cn1c(-c2ccccc2)c(C(=O)Cc2ccc(Oc3ccnn4ccc(-c5ccccc5)c34)c(F)c2)c(=O)n1C. The van der Waals surface area contributed by atoms with Gasteiger partial charge in [0, 0.05) is 43.9 Å². The van der Waals surface area contributed by atoms with E-state index in [0.717, 1.165) is 16.7 Å². The van der Waals surface area contributed by atoms with Gasteiger partial charge in [0.25, 0.3) is 5.56 Å². The number of hydrogen-bond acceptors (Lipinski definition) is 4. The van der Waals surface area contributed by atoms with E-state index < -0.39 is 11.4 Å². The Morgan fingerprint density at radius 1 is 0.850 bits per heavy atom. The van der Waals surface area contributed by atoms with Crippen LogP contribution in [-0.2, 0) is 20.5 Å². The minimum Gasteiger partial charge on any atom is -0.452 e. The van der Waals surface area contributed by atoms with E-state index in [1.54, 1.807) is 41.6 Å². The largest absolute Gasteiger partial charge is 0.452 e. The average molecular weight is 533 g/mol. The lowest BCUT2D eigenvalue weighted by Gasteiger charge is -2.11. The average Bonchev–Trinajstić information content (AvgIpc) is 3.51. The molecule has 3 heterocycles. The van der Waals surface area contributed by atoms with E-state index >= 15 is 4.39 Å². The summed E-state index contributed by atoms with van der Waals surface area (Å²) in [6.07, 6.45) is 3.28. The monoisotopic (exact) mass is 532 g/mol. The lowest BCUT2D eigenvalue weighted by molar-refractivity contribution is 0.0992. The van der Waals surface area contributed by atoms with Crippen LogP contribution in [0.5, 0.6) is 11.5 Å². The summed E-state index contributed by atoms with van der Waals surface area (Å²) >= 11 is 0. The van der Waals surface area contributed by atoms with Gasteiger partial charge in [-0.1, -0.05) is 66.7 Å². The van der Waals surface area contributed by atoms with Crippen LogP contribution in [0.3, 0.4) is 0 Å². The van der Waals surface area contributed by atoms with Gasteiger partial charge in [0.15, 0.2) is 23.1 Å². The number of benzene rings is 3. The van der Waals surface area contributed by atoms with Gasteiger partial charge in [0.2, 0.25) is 0 Å². The molecule has 8 heteroatoms. The highest BCUT2D eigenvalue weighted by atomic mass is 19.1. The molecule has 3 aromatic heterocycles. The van der Waals surface area contributed by atoms with Crippen LogP contribution in [0, 0.1) is 5.82 Å². The number of ether oxygens (including phenoxy) is 1. The van der Waals surface area contributed by atoms with Crippen molar-refractivity contribution in [1.82, 2.24) is 19.0 Å². The van der Waals surface area contributed by atoms with Crippen LogP contribution in [0.4, 0.5) is 4.39 Å². The smallest absolute Gasteiger partial charge is 0.277 e. The van der Waals surface area contributed by atoms with Gasteiger partial charge < -0.3 is 4.74 Å². The minimum atomic E-state index is -0.614. The highest BCUT2D eigenvalue weighted by Crippen LogP contribution is 2.35. The Bertz CT molecular complexity index is 1920. The minimum absolute atomic E-state index is 0.0186. The molecule has 198 valence electrons. The van der Waals surface area contributed by atoms with Crippen molar-refractivity contribution in [1.29, 1.82) is 0 Å². The Morgan fingerprint density at radius 3 is 2.25 bits per heavy atom. The second kappa shape index (κ2) is 10.1. The van der Waals surface area contributed by atoms with Gasteiger partial charge in [-0.15, -0.1) is 0 Å². The first-order valence-electron chi connectivity index (χ1n) is 12.7. The Hall–Kier alpha value is -5.24. The van der Waals surface area contributed by atoms with Crippen LogP contribution >= 0.6 is 0 Å². The van der Waals surface area contributed by atoms with Crippen molar-refractivity contribution in [3.05, 3.63) is 131 Å². The quantitative estimate of drug-likeness (QED) is 0.234. The van der Waals surface area contributed by atoms with Crippen molar-refractivity contribution < 1.29 is 13.9 Å². The number of ketones is 1. The first-order valence-corrected chi connectivity index (χ1v) is 12.7. The number of aromatic nitrogens is 4. The van der Waals surface area contributed by atoms with Crippen LogP contribution in [0.15, 0.2) is 108 Å². The lowest BCUT2D eigenvalue weighted by Crippen LogP contribution is -2.21. The maximum absolute atomic E-state index is 15.3. The van der Waals surface area contributed by atoms with Crippen LogP contribution in [0.1, 0.15) is 15.9 Å². The molecule has 0 aliphatic carbocycles. The van der Waals surface area contributed by atoms with Gasteiger partial charge in [-0.05, 0) is 29.3 Å². The van der Waals surface area contributed by atoms with E-state index in [4.69, 9.17) is 4.74 Å². The molecule has 0 unspecified atom stereocenters. The Balaban J connectivity index is 1.30. The summed E-state index contributed by atoms with van der Waals surface area (Å²) in [5.74, 6) is -0.533. The number of carbonyl (C=O) groups excluding carboxylic acids is 1. The summed E-state index contributed by atoms with van der Waals surface area (Å²) in [5, 5.41) is 4.35. The predicted octanol–water partition coefficient (Wildman–Crippen LogP) is 6.06. The fourth-order valence-electron chi connectivity index (χ4n) is 4.97. The summed E-state index contributed by atoms with van der Waals surface area (Å²) < 4.78 is 26.1. The molecule has 0 aliphatic rings. The number of fused-ring (bicyclic) bond motifs is 1. The molecular formula is C32H25FN4O3. The topological polar surface area (TPSA) is 70.5 Å². The third-order valence-electron chi connectivity index (χ3n) is 7.03. The highest BCUT2D eigenvalue weighted by Gasteiger charge is 2.24. The van der Waals surface area contributed by atoms with E-state index in [0.29, 0.717) is 22.5 Å².